The molecule has 1 aliphatic rings. The fourth-order valence-corrected chi connectivity index (χ4v) is 4.38. The topological polar surface area (TPSA) is 50.5 Å². The average molecular weight is 465 g/mol. The van der Waals surface area contributed by atoms with E-state index in [1.807, 2.05) is 42.3 Å². The third kappa shape index (κ3) is 3.29. The molecule has 3 aromatic heterocycles. The summed E-state index contributed by atoms with van der Waals surface area (Å²) in [6.45, 7) is 2.66. The zero-order valence-corrected chi connectivity index (χ0v) is 17.8. The molecule has 7 heteroatoms. The SMILES string of the molecule is CC1c2ccc(-c3ccc(F)nc3)cc2CCN1C(=O)c1cc2ccc(Br)cn2n1. The molecule has 5 nitrogen and oxygen atoms in total. The van der Waals surface area contributed by atoms with Gasteiger partial charge in [0.15, 0.2) is 5.69 Å². The van der Waals surface area contributed by atoms with E-state index in [-0.39, 0.29) is 11.9 Å². The van der Waals surface area contributed by atoms with Crippen LogP contribution >= 0.6 is 15.9 Å². The number of pyridine rings is 2. The molecule has 1 amide bonds. The van der Waals surface area contributed by atoms with Gasteiger partial charge < -0.3 is 4.90 Å². The molecule has 0 saturated carbocycles. The second kappa shape index (κ2) is 7.32. The number of rotatable bonds is 2. The molecule has 0 fully saturated rings. The largest absolute Gasteiger partial charge is 0.330 e. The molecule has 4 aromatic rings. The summed E-state index contributed by atoms with van der Waals surface area (Å²) in [6, 6.07) is 14.9. The molecule has 4 heterocycles. The number of benzene rings is 1. The van der Waals surface area contributed by atoms with E-state index in [9.17, 15) is 9.18 Å². The number of fused-ring (bicyclic) bond motifs is 2. The van der Waals surface area contributed by atoms with Crippen LogP contribution in [-0.2, 0) is 6.42 Å². The molecular formula is C23H18BrFN4O. The zero-order valence-electron chi connectivity index (χ0n) is 16.2. The molecule has 0 bridgehead atoms. The second-order valence-corrected chi connectivity index (χ2v) is 8.37. The lowest BCUT2D eigenvalue weighted by Gasteiger charge is -2.35. The maximum Gasteiger partial charge on any atom is 0.274 e. The smallest absolute Gasteiger partial charge is 0.274 e. The van der Waals surface area contributed by atoms with Gasteiger partial charge in [-0.1, -0.05) is 18.2 Å². The molecule has 1 aliphatic heterocycles. The lowest BCUT2D eigenvalue weighted by Crippen LogP contribution is -2.39. The first-order chi connectivity index (χ1) is 14.5. The van der Waals surface area contributed by atoms with Crippen LogP contribution in [0.2, 0.25) is 0 Å². The van der Waals surface area contributed by atoms with Crippen LogP contribution in [0, 0.1) is 5.95 Å². The van der Waals surface area contributed by atoms with Gasteiger partial charge in [-0.3, -0.25) is 4.79 Å². The molecule has 0 radical (unpaired) electrons. The molecule has 150 valence electrons. The standard InChI is InChI=1S/C23H18BrFN4O/c1-14-20-6-2-15(17-3-7-22(25)26-12-17)10-16(20)8-9-28(14)23(30)21-11-19-5-4-18(24)13-29(19)27-21/h2-7,10-14H,8-9H2,1H3. The van der Waals surface area contributed by atoms with Gasteiger partial charge in [0.2, 0.25) is 5.95 Å². The number of hydrogen-bond acceptors (Lipinski definition) is 3. The van der Waals surface area contributed by atoms with Crippen molar-refractivity contribution < 1.29 is 9.18 Å². The van der Waals surface area contributed by atoms with Crippen molar-refractivity contribution in [1.29, 1.82) is 0 Å². The summed E-state index contributed by atoms with van der Waals surface area (Å²) in [6.07, 6.45) is 4.14. The molecule has 0 N–H and O–H groups in total. The first-order valence-corrected chi connectivity index (χ1v) is 10.5. The highest BCUT2D eigenvalue weighted by atomic mass is 79.9. The predicted octanol–water partition coefficient (Wildman–Crippen LogP) is 5.06. The van der Waals surface area contributed by atoms with Gasteiger partial charge in [-0.05, 0) is 76.3 Å². The molecule has 1 unspecified atom stereocenters. The third-order valence-corrected chi connectivity index (χ3v) is 6.12. The van der Waals surface area contributed by atoms with Gasteiger partial charge in [0.1, 0.15) is 0 Å². The number of carbonyl (C=O) groups excluding carboxylic acids is 1. The first kappa shape index (κ1) is 18.9. The number of hydrogen-bond donors (Lipinski definition) is 0. The van der Waals surface area contributed by atoms with Crippen LogP contribution in [0.25, 0.3) is 16.6 Å². The Balaban J connectivity index is 1.43. The van der Waals surface area contributed by atoms with Crippen molar-refractivity contribution in [3.8, 4) is 11.1 Å². The van der Waals surface area contributed by atoms with Gasteiger partial charge in [-0.25, -0.2) is 9.50 Å². The van der Waals surface area contributed by atoms with Crippen LogP contribution in [0.5, 0.6) is 0 Å². The van der Waals surface area contributed by atoms with Crippen LogP contribution in [0.15, 0.2) is 65.4 Å². The summed E-state index contributed by atoms with van der Waals surface area (Å²) >= 11 is 3.43. The summed E-state index contributed by atoms with van der Waals surface area (Å²) in [5.74, 6) is -0.557. The van der Waals surface area contributed by atoms with Crippen molar-refractivity contribution in [2.75, 3.05) is 6.54 Å². The van der Waals surface area contributed by atoms with E-state index in [2.05, 4.69) is 38.1 Å². The van der Waals surface area contributed by atoms with Gasteiger partial charge in [-0.15, -0.1) is 0 Å². The highest BCUT2D eigenvalue weighted by Crippen LogP contribution is 2.33. The number of carbonyl (C=O) groups is 1. The van der Waals surface area contributed by atoms with Crippen LogP contribution < -0.4 is 0 Å². The fraction of sp³-hybridized carbons (Fsp3) is 0.174. The van der Waals surface area contributed by atoms with E-state index in [0.29, 0.717) is 12.2 Å². The summed E-state index contributed by atoms with van der Waals surface area (Å²) in [7, 11) is 0. The normalized spacial score (nSPS) is 16.0. The Morgan fingerprint density at radius 2 is 1.97 bits per heavy atom. The van der Waals surface area contributed by atoms with Crippen molar-refractivity contribution in [3.05, 3.63) is 88.2 Å². The first-order valence-electron chi connectivity index (χ1n) is 9.70. The average Bonchev–Trinajstić information content (AvgIpc) is 3.17. The Hall–Kier alpha value is -3.06. The minimum atomic E-state index is -0.487. The summed E-state index contributed by atoms with van der Waals surface area (Å²) in [5.41, 5.74) is 5.52. The minimum Gasteiger partial charge on any atom is -0.330 e. The Kier molecular flexibility index (Phi) is 4.62. The molecule has 5 rings (SSSR count). The summed E-state index contributed by atoms with van der Waals surface area (Å²) in [4.78, 5) is 18.8. The van der Waals surface area contributed by atoms with Crippen molar-refractivity contribution in [3.63, 3.8) is 0 Å². The van der Waals surface area contributed by atoms with Gasteiger partial charge in [0.05, 0.1) is 11.6 Å². The van der Waals surface area contributed by atoms with Crippen LogP contribution in [-0.4, -0.2) is 31.9 Å². The zero-order chi connectivity index (χ0) is 20.8. The van der Waals surface area contributed by atoms with Crippen molar-refractivity contribution in [2.24, 2.45) is 0 Å². The molecule has 1 aromatic carbocycles. The Morgan fingerprint density at radius 1 is 1.13 bits per heavy atom. The second-order valence-electron chi connectivity index (χ2n) is 7.45. The highest BCUT2D eigenvalue weighted by Gasteiger charge is 2.29. The predicted molar refractivity (Wildman–Crippen MR) is 116 cm³/mol. The molecule has 0 spiro atoms. The van der Waals surface area contributed by atoms with Crippen molar-refractivity contribution in [1.82, 2.24) is 19.5 Å². The van der Waals surface area contributed by atoms with Crippen LogP contribution in [0.3, 0.4) is 0 Å². The number of aromatic nitrogens is 3. The van der Waals surface area contributed by atoms with E-state index < -0.39 is 5.95 Å². The number of nitrogens with zero attached hydrogens (tertiary/aromatic N) is 4. The van der Waals surface area contributed by atoms with Crippen LogP contribution in [0.1, 0.15) is 34.6 Å². The lowest BCUT2D eigenvalue weighted by molar-refractivity contribution is 0.0671. The van der Waals surface area contributed by atoms with Gasteiger partial charge in [-0.2, -0.15) is 9.49 Å². The monoisotopic (exact) mass is 464 g/mol. The maximum atomic E-state index is 13.2. The maximum absolute atomic E-state index is 13.2. The van der Waals surface area contributed by atoms with Crippen LogP contribution in [0.4, 0.5) is 4.39 Å². The molecule has 0 saturated heterocycles. The van der Waals surface area contributed by atoms with E-state index in [4.69, 9.17) is 0 Å². The minimum absolute atomic E-state index is 0.0572. The van der Waals surface area contributed by atoms with E-state index >= 15 is 0 Å². The molecule has 1 atom stereocenters. The number of halogens is 2. The van der Waals surface area contributed by atoms with Gasteiger partial charge in [0.25, 0.3) is 5.91 Å². The Morgan fingerprint density at radius 3 is 2.77 bits per heavy atom. The number of amides is 1. The fourth-order valence-electron chi connectivity index (χ4n) is 4.05. The third-order valence-electron chi connectivity index (χ3n) is 5.65. The quantitative estimate of drug-likeness (QED) is 0.389. The van der Waals surface area contributed by atoms with Gasteiger partial charge >= 0.3 is 0 Å². The van der Waals surface area contributed by atoms with Crippen molar-refractivity contribution >= 4 is 27.4 Å². The highest BCUT2D eigenvalue weighted by molar-refractivity contribution is 9.10. The Bertz CT molecular complexity index is 1270. The molecular weight excluding hydrogens is 447 g/mol. The lowest BCUT2D eigenvalue weighted by atomic mass is 9.90. The summed E-state index contributed by atoms with van der Waals surface area (Å²) < 4.78 is 15.7. The summed E-state index contributed by atoms with van der Waals surface area (Å²) in [5, 5.41) is 4.46. The molecule has 30 heavy (non-hydrogen) atoms. The Labute approximate surface area is 181 Å². The molecule has 0 aliphatic carbocycles. The van der Waals surface area contributed by atoms with E-state index in [0.717, 1.165) is 33.1 Å². The van der Waals surface area contributed by atoms with Gasteiger partial charge in [0, 0.05) is 29.0 Å². The van der Waals surface area contributed by atoms with Crippen molar-refractivity contribution in [2.45, 2.75) is 19.4 Å². The van der Waals surface area contributed by atoms with E-state index in [1.165, 1.54) is 11.6 Å². The van der Waals surface area contributed by atoms with E-state index in [1.54, 1.807) is 16.8 Å².